The highest BCUT2D eigenvalue weighted by Gasteiger charge is 2.49. The molecule has 22 heavy (non-hydrogen) atoms. The zero-order valence-electron chi connectivity index (χ0n) is 12.5. The van der Waals surface area contributed by atoms with E-state index in [4.69, 9.17) is 15.2 Å². The van der Waals surface area contributed by atoms with Crippen LogP contribution in [0.2, 0.25) is 0 Å². The first-order chi connectivity index (χ1) is 10.7. The zero-order valence-corrected chi connectivity index (χ0v) is 12.5. The second-order valence-electron chi connectivity index (χ2n) is 6.68. The van der Waals surface area contributed by atoms with E-state index < -0.39 is 0 Å². The summed E-state index contributed by atoms with van der Waals surface area (Å²) in [6.07, 6.45) is 3.31. The Morgan fingerprint density at radius 3 is 2.77 bits per heavy atom. The lowest BCUT2D eigenvalue weighted by atomic mass is 9.84. The van der Waals surface area contributed by atoms with Crippen LogP contribution in [0.5, 0.6) is 11.5 Å². The molecule has 1 aromatic carbocycles. The summed E-state index contributed by atoms with van der Waals surface area (Å²) < 4.78 is 11.5. The minimum atomic E-state index is -0.145. The minimum Gasteiger partial charge on any atom is -0.486 e. The van der Waals surface area contributed by atoms with Gasteiger partial charge >= 0.3 is 0 Å². The number of rotatable bonds is 3. The standard InChI is InChI=1S/C17H22N2O3/c18-16-11-6-5-10(7-11)15(16)17(20)19-8-12-9-21-13-3-1-2-4-14(13)22-12/h1-4,10-12,15-16H,5-9,18H2,(H,19,20). The van der Waals surface area contributed by atoms with Crippen LogP contribution in [0.3, 0.4) is 0 Å². The molecule has 1 heterocycles. The van der Waals surface area contributed by atoms with Gasteiger partial charge in [-0.15, -0.1) is 0 Å². The lowest BCUT2D eigenvalue weighted by Gasteiger charge is -2.29. The molecule has 3 aliphatic rings. The van der Waals surface area contributed by atoms with Gasteiger partial charge in [-0.05, 0) is 43.2 Å². The first-order valence-electron chi connectivity index (χ1n) is 8.14. The molecule has 2 saturated carbocycles. The van der Waals surface area contributed by atoms with Crippen LogP contribution in [0.4, 0.5) is 0 Å². The summed E-state index contributed by atoms with van der Waals surface area (Å²) in [5.41, 5.74) is 6.22. The molecule has 4 rings (SSSR count). The second-order valence-corrected chi connectivity index (χ2v) is 6.68. The zero-order chi connectivity index (χ0) is 15.1. The minimum absolute atomic E-state index is 0.0180. The van der Waals surface area contributed by atoms with Crippen LogP contribution in [-0.2, 0) is 4.79 Å². The molecule has 2 fully saturated rings. The van der Waals surface area contributed by atoms with Gasteiger partial charge in [-0.2, -0.15) is 0 Å². The van der Waals surface area contributed by atoms with Gasteiger partial charge in [0.15, 0.2) is 11.5 Å². The normalized spacial score (nSPS) is 35.4. The SMILES string of the molecule is NC1C2CCC(C2)C1C(=O)NCC1COc2ccccc2O1. The molecule has 118 valence electrons. The largest absolute Gasteiger partial charge is 0.486 e. The van der Waals surface area contributed by atoms with Crippen molar-refractivity contribution in [3.05, 3.63) is 24.3 Å². The number of nitrogens with two attached hydrogens (primary N) is 1. The molecule has 1 aromatic rings. The van der Waals surface area contributed by atoms with Crippen LogP contribution >= 0.6 is 0 Å². The highest BCUT2D eigenvalue weighted by atomic mass is 16.6. The van der Waals surface area contributed by atoms with Gasteiger partial charge in [0.05, 0.1) is 12.5 Å². The fraction of sp³-hybridized carbons (Fsp3) is 0.588. The molecule has 3 N–H and O–H groups in total. The molecule has 0 saturated heterocycles. The van der Waals surface area contributed by atoms with Gasteiger partial charge in [0.2, 0.25) is 5.91 Å². The van der Waals surface area contributed by atoms with Crippen molar-refractivity contribution in [1.29, 1.82) is 0 Å². The summed E-state index contributed by atoms with van der Waals surface area (Å²) >= 11 is 0. The third-order valence-electron chi connectivity index (χ3n) is 5.35. The second kappa shape index (κ2) is 5.47. The molecular formula is C17H22N2O3. The van der Waals surface area contributed by atoms with E-state index in [9.17, 15) is 4.79 Å². The molecule has 1 amide bonds. The number of carbonyl (C=O) groups is 1. The number of amides is 1. The summed E-state index contributed by atoms with van der Waals surface area (Å²) in [5.74, 6) is 2.59. The number of hydrogen-bond acceptors (Lipinski definition) is 4. The van der Waals surface area contributed by atoms with Gasteiger partial charge in [-0.1, -0.05) is 12.1 Å². The van der Waals surface area contributed by atoms with E-state index in [1.165, 1.54) is 6.42 Å². The number of fused-ring (bicyclic) bond motifs is 3. The lowest BCUT2D eigenvalue weighted by molar-refractivity contribution is -0.127. The van der Waals surface area contributed by atoms with Crippen molar-refractivity contribution in [2.45, 2.75) is 31.4 Å². The van der Waals surface area contributed by atoms with Crippen molar-refractivity contribution >= 4 is 5.91 Å². The van der Waals surface area contributed by atoms with Gasteiger partial charge in [-0.3, -0.25) is 4.79 Å². The maximum Gasteiger partial charge on any atom is 0.225 e. The van der Waals surface area contributed by atoms with Crippen molar-refractivity contribution in [1.82, 2.24) is 5.32 Å². The Kier molecular flexibility index (Phi) is 3.45. The Bertz CT molecular complexity index is 575. The van der Waals surface area contributed by atoms with E-state index in [1.807, 2.05) is 24.3 Å². The fourth-order valence-corrected chi connectivity index (χ4v) is 4.22. The number of nitrogens with one attached hydrogen (secondary N) is 1. The van der Waals surface area contributed by atoms with Crippen molar-refractivity contribution in [2.75, 3.05) is 13.2 Å². The number of ether oxygens (including phenoxy) is 2. The number of para-hydroxylation sites is 2. The molecule has 0 spiro atoms. The van der Waals surface area contributed by atoms with Crippen LogP contribution in [0.25, 0.3) is 0 Å². The Hall–Kier alpha value is -1.75. The van der Waals surface area contributed by atoms with Crippen molar-refractivity contribution in [3.8, 4) is 11.5 Å². The summed E-state index contributed by atoms with van der Waals surface area (Å²) in [6.45, 7) is 0.924. The van der Waals surface area contributed by atoms with Gasteiger partial charge in [-0.25, -0.2) is 0 Å². The van der Waals surface area contributed by atoms with E-state index in [2.05, 4.69) is 5.32 Å². The first-order valence-corrected chi connectivity index (χ1v) is 8.14. The van der Waals surface area contributed by atoms with E-state index in [0.717, 1.165) is 24.3 Å². The highest BCUT2D eigenvalue weighted by molar-refractivity contribution is 5.80. The maximum atomic E-state index is 12.4. The van der Waals surface area contributed by atoms with E-state index in [-0.39, 0.29) is 24.0 Å². The molecule has 5 atom stereocenters. The Morgan fingerprint density at radius 1 is 1.23 bits per heavy atom. The predicted octanol–water partition coefficient (Wildman–Crippen LogP) is 1.32. The summed E-state index contributed by atoms with van der Waals surface area (Å²) in [7, 11) is 0. The Morgan fingerprint density at radius 2 is 2.00 bits per heavy atom. The third-order valence-corrected chi connectivity index (χ3v) is 5.35. The van der Waals surface area contributed by atoms with Crippen LogP contribution < -0.4 is 20.5 Å². The molecule has 0 aromatic heterocycles. The molecular weight excluding hydrogens is 280 g/mol. The van der Waals surface area contributed by atoms with Gasteiger partial charge in [0, 0.05) is 6.04 Å². The number of carbonyl (C=O) groups excluding carboxylic acids is 1. The monoisotopic (exact) mass is 302 g/mol. The average Bonchev–Trinajstić information content (AvgIpc) is 3.13. The van der Waals surface area contributed by atoms with Gasteiger partial charge < -0.3 is 20.5 Å². The van der Waals surface area contributed by atoms with E-state index in [1.54, 1.807) is 0 Å². The molecule has 2 aliphatic carbocycles. The fourth-order valence-electron chi connectivity index (χ4n) is 4.22. The third kappa shape index (κ3) is 2.33. The van der Waals surface area contributed by atoms with Gasteiger partial charge in [0.25, 0.3) is 0 Å². The van der Waals surface area contributed by atoms with E-state index in [0.29, 0.717) is 25.0 Å². The summed E-state index contributed by atoms with van der Waals surface area (Å²) in [6, 6.07) is 7.63. The maximum absolute atomic E-state index is 12.4. The highest BCUT2D eigenvalue weighted by Crippen LogP contribution is 2.47. The van der Waals surface area contributed by atoms with Crippen LogP contribution in [0, 0.1) is 17.8 Å². The van der Waals surface area contributed by atoms with Crippen molar-refractivity contribution < 1.29 is 14.3 Å². The van der Waals surface area contributed by atoms with Crippen LogP contribution in [0.15, 0.2) is 24.3 Å². The molecule has 5 unspecified atom stereocenters. The smallest absolute Gasteiger partial charge is 0.225 e. The van der Waals surface area contributed by atoms with Gasteiger partial charge in [0.1, 0.15) is 12.7 Å². The topological polar surface area (TPSA) is 73.6 Å². The predicted molar refractivity (Wildman–Crippen MR) is 81.7 cm³/mol. The summed E-state index contributed by atoms with van der Waals surface area (Å²) in [4.78, 5) is 12.4. The molecule has 5 heteroatoms. The van der Waals surface area contributed by atoms with Crippen molar-refractivity contribution in [2.24, 2.45) is 23.5 Å². The summed E-state index contributed by atoms with van der Waals surface area (Å²) in [5, 5.41) is 3.02. The lowest BCUT2D eigenvalue weighted by Crippen LogP contribution is -2.48. The van der Waals surface area contributed by atoms with E-state index >= 15 is 0 Å². The molecule has 0 radical (unpaired) electrons. The average molecular weight is 302 g/mol. The van der Waals surface area contributed by atoms with Crippen LogP contribution in [-0.4, -0.2) is 31.2 Å². The first kappa shape index (κ1) is 13.9. The molecule has 1 aliphatic heterocycles. The Labute approximate surface area is 130 Å². The molecule has 5 nitrogen and oxygen atoms in total. The molecule has 2 bridgehead atoms. The quantitative estimate of drug-likeness (QED) is 0.883. The number of hydrogen-bond donors (Lipinski definition) is 2. The Balaban J connectivity index is 1.33. The number of benzene rings is 1. The van der Waals surface area contributed by atoms with Crippen molar-refractivity contribution in [3.63, 3.8) is 0 Å². The van der Waals surface area contributed by atoms with Crippen LogP contribution in [0.1, 0.15) is 19.3 Å².